The molecule has 1 saturated heterocycles. The highest BCUT2D eigenvalue weighted by Gasteiger charge is 2.16. The van der Waals surface area contributed by atoms with Crippen LogP contribution in [0.4, 0.5) is 10.5 Å². The van der Waals surface area contributed by atoms with Crippen molar-refractivity contribution in [2.45, 2.75) is 0 Å². The third kappa shape index (κ3) is 2.84. The van der Waals surface area contributed by atoms with Gasteiger partial charge in [-0.05, 0) is 22.9 Å². The zero-order valence-corrected chi connectivity index (χ0v) is 11.5. The van der Waals surface area contributed by atoms with Gasteiger partial charge in [-0.15, -0.1) is 0 Å². The minimum Gasteiger partial charge on any atom is -0.323 e. The molecular formula is C15H16N2OS. The van der Waals surface area contributed by atoms with Crippen LogP contribution in [0.25, 0.3) is 10.8 Å². The molecule has 0 bridgehead atoms. The molecule has 2 amide bonds. The number of nitrogens with one attached hydrogen (secondary N) is 1. The van der Waals surface area contributed by atoms with Crippen molar-refractivity contribution < 1.29 is 4.79 Å². The molecule has 19 heavy (non-hydrogen) atoms. The first-order chi connectivity index (χ1) is 9.33. The lowest BCUT2D eigenvalue weighted by atomic mass is 10.1. The second kappa shape index (κ2) is 5.53. The van der Waals surface area contributed by atoms with Crippen LogP contribution in [0.1, 0.15) is 0 Å². The molecule has 0 saturated carbocycles. The number of amides is 2. The van der Waals surface area contributed by atoms with E-state index in [1.807, 2.05) is 47.0 Å². The van der Waals surface area contributed by atoms with Crippen molar-refractivity contribution in [3.8, 4) is 0 Å². The summed E-state index contributed by atoms with van der Waals surface area (Å²) in [5.41, 5.74) is 0.863. The number of anilines is 1. The lowest BCUT2D eigenvalue weighted by molar-refractivity contribution is 0.217. The van der Waals surface area contributed by atoms with Crippen LogP contribution in [0.3, 0.4) is 0 Å². The number of thioether (sulfide) groups is 1. The van der Waals surface area contributed by atoms with Gasteiger partial charge in [0.1, 0.15) is 0 Å². The van der Waals surface area contributed by atoms with Crippen LogP contribution in [0.2, 0.25) is 0 Å². The largest absolute Gasteiger partial charge is 0.323 e. The van der Waals surface area contributed by atoms with Crippen LogP contribution in [-0.4, -0.2) is 35.5 Å². The molecule has 0 spiro atoms. The Labute approximate surface area is 117 Å². The molecule has 1 aliphatic heterocycles. The molecule has 1 fully saturated rings. The molecule has 0 unspecified atom stereocenters. The summed E-state index contributed by atoms with van der Waals surface area (Å²) in [6, 6.07) is 14.2. The molecule has 3 nitrogen and oxygen atoms in total. The summed E-state index contributed by atoms with van der Waals surface area (Å²) < 4.78 is 0. The molecule has 1 aliphatic rings. The first-order valence-electron chi connectivity index (χ1n) is 6.45. The van der Waals surface area contributed by atoms with Gasteiger partial charge in [-0.25, -0.2) is 4.79 Å². The summed E-state index contributed by atoms with van der Waals surface area (Å²) in [5, 5.41) is 5.32. The highest BCUT2D eigenvalue weighted by atomic mass is 32.2. The molecule has 0 atom stereocenters. The van der Waals surface area contributed by atoms with E-state index in [-0.39, 0.29) is 6.03 Å². The van der Waals surface area contributed by atoms with E-state index in [9.17, 15) is 4.79 Å². The van der Waals surface area contributed by atoms with E-state index in [0.29, 0.717) is 0 Å². The Hall–Kier alpha value is -1.68. The number of rotatable bonds is 1. The fourth-order valence-electron chi connectivity index (χ4n) is 2.24. The van der Waals surface area contributed by atoms with Gasteiger partial charge >= 0.3 is 6.03 Å². The lowest BCUT2D eigenvalue weighted by Crippen LogP contribution is -2.40. The van der Waals surface area contributed by atoms with E-state index in [1.165, 1.54) is 5.39 Å². The third-order valence-electron chi connectivity index (χ3n) is 3.30. The van der Waals surface area contributed by atoms with E-state index < -0.39 is 0 Å². The highest BCUT2D eigenvalue weighted by Crippen LogP contribution is 2.19. The van der Waals surface area contributed by atoms with Crippen molar-refractivity contribution in [2.24, 2.45) is 0 Å². The number of hydrogen-bond acceptors (Lipinski definition) is 2. The van der Waals surface area contributed by atoms with E-state index in [0.717, 1.165) is 35.7 Å². The zero-order valence-electron chi connectivity index (χ0n) is 10.6. The molecule has 0 aliphatic carbocycles. The Kier molecular flexibility index (Phi) is 3.60. The van der Waals surface area contributed by atoms with Gasteiger partial charge in [0.25, 0.3) is 0 Å². The number of benzene rings is 2. The molecule has 2 aromatic carbocycles. The van der Waals surface area contributed by atoms with Crippen molar-refractivity contribution in [3.05, 3.63) is 42.5 Å². The van der Waals surface area contributed by atoms with Crippen molar-refractivity contribution in [1.29, 1.82) is 0 Å². The first-order valence-corrected chi connectivity index (χ1v) is 7.61. The van der Waals surface area contributed by atoms with Gasteiger partial charge in [0, 0.05) is 30.3 Å². The predicted molar refractivity (Wildman–Crippen MR) is 81.9 cm³/mol. The number of hydrogen-bond donors (Lipinski definition) is 1. The van der Waals surface area contributed by atoms with Gasteiger partial charge in [-0.2, -0.15) is 11.8 Å². The van der Waals surface area contributed by atoms with E-state index in [2.05, 4.69) is 17.4 Å². The van der Waals surface area contributed by atoms with E-state index in [1.54, 1.807) is 0 Å². The summed E-state index contributed by atoms with van der Waals surface area (Å²) in [4.78, 5) is 14.0. The topological polar surface area (TPSA) is 32.3 Å². The normalized spacial score (nSPS) is 15.5. The third-order valence-corrected chi connectivity index (χ3v) is 4.24. The number of fused-ring (bicyclic) bond motifs is 1. The molecule has 98 valence electrons. The first kappa shape index (κ1) is 12.4. The van der Waals surface area contributed by atoms with Crippen LogP contribution in [0.5, 0.6) is 0 Å². The Morgan fingerprint density at radius 2 is 1.79 bits per heavy atom. The predicted octanol–water partition coefficient (Wildman–Crippen LogP) is 3.42. The van der Waals surface area contributed by atoms with Crippen molar-refractivity contribution in [3.63, 3.8) is 0 Å². The van der Waals surface area contributed by atoms with Gasteiger partial charge in [-0.1, -0.05) is 30.3 Å². The van der Waals surface area contributed by atoms with Gasteiger partial charge in [0.15, 0.2) is 0 Å². The standard InChI is InChI=1S/C15H16N2OS/c18-15(17-7-9-19-10-8-17)16-14-6-5-12-3-1-2-4-13(12)11-14/h1-6,11H,7-10H2,(H,16,18). The highest BCUT2D eigenvalue weighted by molar-refractivity contribution is 7.99. The van der Waals surface area contributed by atoms with Crippen LogP contribution in [-0.2, 0) is 0 Å². The quantitative estimate of drug-likeness (QED) is 0.862. The second-order valence-electron chi connectivity index (χ2n) is 4.59. The molecule has 0 radical (unpaired) electrons. The Morgan fingerprint density at radius 3 is 2.58 bits per heavy atom. The summed E-state index contributed by atoms with van der Waals surface area (Å²) in [5.74, 6) is 2.07. The summed E-state index contributed by atoms with van der Waals surface area (Å²) in [7, 11) is 0. The monoisotopic (exact) mass is 272 g/mol. The maximum absolute atomic E-state index is 12.1. The molecular weight excluding hydrogens is 256 g/mol. The SMILES string of the molecule is O=C(Nc1ccc2ccccc2c1)N1CCSCC1. The van der Waals surface area contributed by atoms with Gasteiger partial charge < -0.3 is 10.2 Å². The maximum Gasteiger partial charge on any atom is 0.321 e. The maximum atomic E-state index is 12.1. The fraction of sp³-hybridized carbons (Fsp3) is 0.267. The average molecular weight is 272 g/mol. The van der Waals surface area contributed by atoms with Crippen LogP contribution in [0.15, 0.2) is 42.5 Å². The number of urea groups is 1. The minimum atomic E-state index is 0.00980. The summed E-state index contributed by atoms with van der Waals surface area (Å²) in [6.45, 7) is 1.67. The minimum absolute atomic E-state index is 0.00980. The smallest absolute Gasteiger partial charge is 0.321 e. The number of carbonyl (C=O) groups is 1. The van der Waals surface area contributed by atoms with Gasteiger partial charge in [0.2, 0.25) is 0 Å². The molecule has 2 aromatic rings. The Balaban J connectivity index is 1.75. The molecule has 1 heterocycles. The summed E-state index contributed by atoms with van der Waals surface area (Å²) >= 11 is 1.90. The zero-order chi connectivity index (χ0) is 13.1. The van der Waals surface area contributed by atoms with Crippen LogP contribution < -0.4 is 5.32 Å². The van der Waals surface area contributed by atoms with Crippen LogP contribution in [0, 0.1) is 0 Å². The number of carbonyl (C=O) groups excluding carboxylic acids is 1. The van der Waals surface area contributed by atoms with Crippen molar-refractivity contribution in [1.82, 2.24) is 4.90 Å². The molecule has 0 aromatic heterocycles. The summed E-state index contributed by atoms with van der Waals surface area (Å²) in [6.07, 6.45) is 0. The fourth-order valence-corrected chi connectivity index (χ4v) is 3.14. The average Bonchev–Trinajstić information content (AvgIpc) is 2.48. The molecule has 1 N–H and O–H groups in total. The molecule has 3 rings (SSSR count). The van der Waals surface area contributed by atoms with Gasteiger partial charge in [-0.3, -0.25) is 0 Å². The van der Waals surface area contributed by atoms with Crippen molar-refractivity contribution in [2.75, 3.05) is 29.9 Å². The Bertz CT molecular complexity index is 593. The van der Waals surface area contributed by atoms with Crippen molar-refractivity contribution >= 4 is 34.3 Å². The van der Waals surface area contributed by atoms with Gasteiger partial charge in [0.05, 0.1) is 0 Å². The number of nitrogens with zero attached hydrogens (tertiary/aromatic N) is 1. The lowest BCUT2D eigenvalue weighted by Gasteiger charge is -2.26. The van der Waals surface area contributed by atoms with Crippen LogP contribution >= 0.6 is 11.8 Å². The van der Waals surface area contributed by atoms with E-state index >= 15 is 0 Å². The molecule has 4 heteroatoms. The second-order valence-corrected chi connectivity index (χ2v) is 5.82. The Morgan fingerprint density at radius 1 is 1.05 bits per heavy atom. The van der Waals surface area contributed by atoms with E-state index in [4.69, 9.17) is 0 Å².